The Kier molecular flexibility index (Phi) is 7.46. The summed E-state index contributed by atoms with van der Waals surface area (Å²) in [7, 11) is 3.24. The number of hydrogen-bond acceptors (Lipinski definition) is 6. The van der Waals surface area contributed by atoms with Crippen LogP contribution in [0.5, 0.6) is 23.0 Å². The van der Waals surface area contributed by atoms with E-state index in [4.69, 9.17) is 18.9 Å². The van der Waals surface area contributed by atoms with Crippen LogP contribution in [0, 0.1) is 0 Å². The van der Waals surface area contributed by atoms with E-state index in [9.17, 15) is 4.79 Å². The van der Waals surface area contributed by atoms with Gasteiger partial charge in [-0.05, 0) is 54.3 Å². The molecule has 0 bridgehead atoms. The standard InChI is InChI=1S/C22H25N3O3.C7H6O2/c1-27-20-8-7-14(11-21(20)28-2)9-10-23-22(26)18-12-16-15-5-3-4-6-17(15)25-19(16)13-24-18;1-2-4-7-6(3-1)8-5-9-7/h3-8,11,18,24-25H,9-10,12-13H2,1-2H3,(H,23,26);1-4H,5H2/t18-;/m0./s1. The molecule has 1 atom stereocenters. The highest BCUT2D eigenvalue weighted by molar-refractivity contribution is 5.88. The second kappa shape index (κ2) is 11.3. The molecule has 37 heavy (non-hydrogen) atoms. The molecular weight excluding hydrogens is 470 g/mol. The van der Waals surface area contributed by atoms with Crippen LogP contribution in [0.1, 0.15) is 16.8 Å². The van der Waals surface area contributed by atoms with Gasteiger partial charge in [0.05, 0.1) is 20.3 Å². The van der Waals surface area contributed by atoms with E-state index in [0.29, 0.717) is 37.8 Å². The third-order valence-electron chi connectivity index (χ3n) is 6.59. The van der Waals surface area contributed by atoms with Gasteiger partial charge in [0.15, 0.2) is 23.0 Å². The van der Waals surface area contributed by atoms with Gasteiger partial charge < -0.3 is 29.2 Å². The summed E-state index contributed by atoms with van der Waals surface area (Å²) in [6, 6.07) is 21.5. The summed E-state index contributed by atoms with van der Waals surface area (Å²) in [5.74, 6) is 3.13. The number of hydrogen-bond donors (Lipinski definition) is 3. The van der Waals surface area contributed by atoms with Crippen LogP contribution in [0.15, 0.2) is 66.7 Å². The van der Waals surface area contributed by atoms with Crippen molar-refractivity contribution in [2.75, 3.05) is 27.6 Å². The van der Waals surface area contributed by atoms with E-state index in [0.717, 1.165) is 29.0 Å². The molecule has 2 aliphatic heterocycles. The van der Waals surface area contributed by atoms with E-state index in [1.165, 1.54) is 16.6 Å². The number of H-pyrrole nitrogens is 1. The first kappa shape index (κ1) is 24.5. The lowest BCUT2D eigenvalue weighted by atomic mass is 9.98. The highest BCUT2D eigenvalue weighted by Gasteiger charge is 2.26. The van der Waals surface area contributed by atoms with Crippen LogP contribution >= 0.6 is 0 Å². The number of carbonyl (C=O) groups excluding carboxylic acids is 1. The molecule has 3 heterocycles. The summed E-state index contributed by atoms with van der Waals surface area (Å²) >= 11 is 0. The van der Waals surface area contributed by atoms with Gasteiger partial charge in [-0.15, -0.1) is 0 Å². The number of amides is 1. The normalized spacial score (nSPS) is 15.4. The zero-order valence-corrected chi connectivity index (χ0v) is 21.0. The molecule has 0 fully saturated rings. The zero-order valence-electron chi connectivity index (χ0n) is 21.0. The van der Waals surface area contributed by atoms with Crippen LogP contribution in [0.3, 0.4) is 0 Å². The summed E-state index contributed by atoms with van der Waals surface area (Å²) < 4.78 is 20.7. The Bertz CT molecular complexity index is 1360. The molecule has 1 amide bonds. The number of fused-ring (bicyclic) bond motifs is 4. The maximum atomic E-state index is 12.7. The first-order chi connectivity index (χ1) is 18.2. The molecule has 8 nitrogen and oxygen atoms in total. The molecule has 2 aliphatic rings. The molecule has 0 unspecified atom stereocenters. The molecule has 6 rings (SSSR count). The van der Waals surface area contributed by atoms with Crippen molar-refractivity contribution in [2.24, 2.45) is 0 Å². The fourth-order valence-electron chi connectivity index (χ4n) is 4.66. The summed E-state index contributed by atoms with van der Waals surface area (Å²) in [5.41, 5.74) is 4.64. The van der Waals surface area contributed by atoms with E-state index >= 15 is 0 Å². The molecule has 0 saturated carbocycles. The largest absolute Gasteiger partial charge is 0.493 e. The Labute approximate surface area is 215 Å². The number of ether oxygens (including phenoxy) is 4. The van der Waals surface area contributed by atoms with Crippen molar-refractivity contribution in [2.45, 2.75) is 25.4 Å². The van der Waals surface area contributed by atoms with E-state index in [1.807, 2.05) is 54.6 Å². The van der Waals surface area contributed by atoms with E-state index in [-0.39, 0.29) is 11.9 Å². The highest BCUT2D eigenvalue weighted by atomic mass is 16.7. The number of benzene rings is 3. The van der Waals surface area contributed by atoms with Crippen molar-refractivity contribution in [3.05, 3.63) is 83.6 Å². The van der Waals surface area contributed by atoms with Crippen molar-refractivity contribution >= 4 is 16.8 Å². The Morgan fingerprint density at radius 3 is 2.46 bits per heavy atom. The molecular formula is C29H31N3O5. The van der Waals surface area contributed by atoms with Gasteiger partial charge in [-0.2, -0.15) is 0 Å². The van der Waals surface area contributed by atoms with Gasteiger partial charge in [0, 0.05) is 29.7 Å². The number of aromatic amines is 1. The first-order valence-corrected chi connectivity index (χ1v) is 12.3. The predicted octanol–water partition coefficient (Wildman–Crippen LogP) is 3.97. The van der Waals surface area contributed by atoms with Crippen molar-refractivity contribution < 1.29 is 23.7 Å². The van der Waals surface area contributed by atoms with Gasteiger partial charge in [0.25, 0.3) is 0 Å². The van der Waals surface area contributed by atoms with Crippen LogP contribution in [0.4, 0.5) is 0 Å². The topological polar surface area (TPSA) is 93.8 Å². The van der Waals surface area contributed by atoms with E-state index in [1.54, 1.807) is 14.2 Å². The predicted molar refractivity (Wildman–Crippen MR) is 141 cm³/mol. The number of aromatic nitrogens is 1. The van der Waals surface area contributed by atoms with Crippen LogP contribution in [0.25, 0.3) is 10.9 Å². The van der Waals surface area contributed by atoms with Crippen molar-refractivity contribution in [3.63, 3.8) is 0 Å². The number of carbonyl (C=O) groups is 1. The monoisotopic (exact) mass is 501 g/mol. The Balaban J connectivity index is 0.000000260. The van der Waals surface area contributed by atoms with E-state index in [2.05, 4.69) is 27.8 Å². The number of nitrogens with one attached hydrogen (secondary N) is 3. The van der Waals surface area contributed by atoms with Crippen molar-refractivity contribution in [3.8, 4) is 23.0 Å². The molecule has 192 valence electrons. The van der Waals surface area contributed by atoms with Gasteiger partial charge in [-0.1, -0.05) is 36.4 Å². The van der Waals surface area contributed by atoms with Crippen molar-refractivity contribution in [1.29, 1.82) is 0 Å². The van der Waals surface area contributed by atoms with Crippen LogP contribution in [-0.4, -0.2) is 44.5 Å². The minimum absolute atomic E-state index is 0.0383. The second-order valence-corrected chi connectivity index (χ2v) is 8.85. The smallest absolute Gasteiger partial charge is 0.237 e. The number of methoxy groups -OCH3 is 2. The summed E-state index contributed by atoms with van der Waals surface area (Å²) in [6.07, 6.45) is 1.43. The van der Waals surface area contributed by atoms with E-state index < -0.39 is 0 Å². The van der Waals surface area contributed by atoms with Crippen LogP contribution in [0.2, 0.25) is 0 Å². The van der Waals surface area contributed by atoms with Gasteiger partial charge in [0.2, 0.25) is 12.7 Å². The molecule has 0 aliphatic carbocycles. The molecule has 3 aromatic carbocycles. The minimum atomic E-state index is -0.211. The maximum Gasteiger partial charge on any atom is 0.237 e. The lowest BCUT2D eigenvalue weighted by Gasteiger charge is -2.23. The fourth-order valence-corrected chi connectivity index (χ4v) is 4.66. The molecule has 1 aromatic heterocycles. The SMILES string of the molecule is COc1ccc(CCNC(=O)[C@@H]2Cc3c([nH]c4ccccc34)CN2)cc1OC.c1ccc2c(c1)OCO2. The minimum Gasteiger partial charge on any atom is -0.493 e. The first-order valence-electron chi connectivity index (χ1n) is 12.3. The quantitative estimate of drug-likeness (QED) is 0.370. The van der Waals surface area contributed by atoms with Crippen molar-refractivity contribution in [1.82, 2.24) is 15.6 Å². The summed E-state index contributed by atoms with van der Waals surface area (Å²) in [5, 5.41) is 7.60. The summed E-state index contributed by atoms with van der Waals surface area (Å²) in [4.78, 5) is 16.1. The van der Waals surface area contributed by atoms with Gasteiger partial charge >= 0.3 is 0 Å². The molecule has 4 aromatic rings. The third-order valence-corrected chi connectivity index (χ3v) is 6.59. The van der Waals surface area contributed by atoms with Crippen LogP contribution < -0.4 is 29.6 Å². The molecule has 0 spiro atoms. The average Bonchev–Trinajstić information content (AvgIpc) is 3.57. The molecule has 0 radical (unpaired) electrons. The van der Waals surface area contributed by atoms with Crippen LogP contribution in [-0.2, 0) is 24.2 Å². The fraction of sp³-hybridized carbons (Fsp3) is 0.276. The Hall–Kier alpha value is -4.17. The van der Waals surface area contributed by atoms with Gasteiger partial charge in [-0.25, -0.2) is 0 Å². The van der Waals surface area contributed by atoms with Gasteiger partial charge in [-0.3, -0.25) is 10.1 Å². The Morgan fingerprint density at radius 2 is 1.70 bits per heavy atom. The summed E-state index contributed by atoms with van der Waals surface area (Å²) in [6.45, 7) is 1.62. The molecule has 3 N–H and O–H groups in total. The number of para-hydroxylation sites is 3. The molecule has 8 heteroatoms. The maximum absolute atomic E-state index is 12.7. The second-order valence-electron chi connectivity index (χ2n) is 8.85. The lowest BCUT2D eigenvalue weighted by molar-refractivity contribution is -0.123. The zero-order chi connectivity index (χ0) is 25.6. The average molecular weight is 502 g/mol. The molecule has 0 saturated heterocycles. The lowest BCUT2D eigenvalue weighted by Crippen LogP contribution is -2.48. The van der Waals surface area contributed by atoms with Gasteiger partial charge in [0.1, 0.15) is 0 Å². The third kappa shape index (κ3) is 5.49. The highest BCUT2D eigenvalue weighted by Crippen LogP contribution is 2.30. The number of rotatable bonds is 6. The Morgan fingerprint density at radius 1 is 0.973 bits per heavy atom.